The van der Waals surface area contributed by atoms with Crippen LogP contribution in [0.4, 0.5) is 29.3 Å². The summed E-state index contributed by atoms with van der Waals surface area (Å²) in [5, 5.41) is 4.80. The lowest BCUT2D eigenvalue weighted by molar-refractivity contribution is -0.117. The Morgan fingerprint density at radius 1 is 1.41 bits per heavy atom. The van der Waals surface area contributed by atoms with E-state index in [4.69, 9.17) is 0 Å². The molecule has 0 radical (unpaired) electrons. The van der Waals surface area contributed by atoms with Crippen LogP contribution in [0.15, 0.2) is 6.20 Å². The lowest BCUT2D eigenvalue weighted by atomic mass is 10.3. The van der Waals surface area contributed by atoms with Gasteiger partial charge in [0, 0.05) is 18.8 Å². The second-order valence-electron chi connectivity index (χ2n) is 3.39. The first kappa shape index (κ1) is 13.5. The molecule has 0 bridgehead atoms. The van der Waals surface area contributed by atoms with E-state index in [1.807, 2.05) is 0 Å². The van der Waals surface area contributed by atoms with Crippen molar-refractivity contribution < 1.29 is 17.6 Å². The van der Waals surface area contributed by atoms with Crippen LogP contribution < -0.4 is 10.6 Å². The number of hydrogen-bond acceptors (Lipinski definition) is 4. The smallest absolute Gasteiger partial charge is 0.324 e. The van der Waals surface area contributed by atoms with Crippen LogP contribution in [0.5, 0.6) is 0 Å². The first-order valence-corrected chi connectivity index (χ1v) is 4.78. The molecule has 17 heavy (non-hydrogen) atoms. The van der Waals surface area contributed by atoms with Crippen LogP contribution in [0.1, 0.15) is 5.56 Å². The topological polar surface area (TPSA) is 49.8 Å². The highest BCUT2D eigenvalue weighted by atomic mass is 19.3. The lowest BCUT2D eigenvalue weighted by Crippen LogP contribution is -2.35. The largest absolute Gasteiger partial charge is 0.363 e. The zero-order valence-corrected chi connectivity index (χ0v) is 9.27. The molecule has 0 aliphatic heterocycles. The van der Waals surface area contributed by atoms with Gasteiger partial charge in [0.15, 0.2) is 0 Å². The van der Waals surface area contributed by atoms with Gasteiger partial charge in [-0.2, -0.15) is 13.8 Å². The maximum Gasteiger partial charge on any atom is 0.324 e. The van der Waals surface area contributed by atoms with E-state index in [1.165, 1.54) is 6.20 Å². The Labute approximate surface area is 95.5 Å². The third-order valence-electron chi connectivity index (χ3n) is 2.01. The Bertz CT molecular complexity index is 383. The SMILES string of the molecule is CNc1ncc(C)c(NCC(F)(F)C(F)F)n1. The minimum atomic E-state index is -4.09. The van der Waals surface area contributed by atoms with Crippen LogP contribution in [0.2, 0.25) is 0 Å². The second kappa shape index (κ2) is 5.15. The fourth-order valence-corrected chi connectivity index (χ4v) is 1.02. The summed E-state index contributed by atoms with van der Waals surface area (Å²) in [5.41, 5.74) is 0.495. The van der Waals surface area contributed by atoms with Crippen molar-refractivity contribution in [3.05, 3.63) is 11.8 Å². The predicted octanol–water partition coefficient (Wildman–Crippen LogP) is 2.14. The molecule has 0 saturated carbocycles. The molecule has 1 aromatic heterocycles. The normalized spacial score (nSPS) is 11.7. The molecule has 2 N–H and O–H groups in total. The molecule has 1 rings (SSSR count). The molecule has 1 aromatic rings. The molecular formula is C9H12F4N4. The summed E-state index contributed by atoms with van der Waals surface area (Å²) in [6.07, 6.45) is -2.30. The minimum Gasteiger partial charge on any atom is -0.363 e. The van der Waals surface area contributed by atoms with Crippen molar-refractivity contribution in [1.29, 1.82) is 0 Å². The van der Waals surface area contributed by atoms with E-state index < -0.39 is 18.9 Å². The van der Waals surface area contributed by atoms with E-state index in [1.54, 1.807) is 14.0 Å². The Kier molecular flexibility index (Phi) is 4.08. The van der Waals surface area contributed by atoms with Gasteiger partial charge < -0.3 is 10.6 Å². The Morgan fingerprint density at radius 3 is 2.59 bits per heavy atom. The summed E-state index contributed by atoms with van der Waals surface area (Å²) in [4.78, 5) is 7.68. The quantitative estimate of drug-likeness (QED) is 0.788. The number of anilines is 2. The van der Waals surface area contributed by atoms with Crippen molar-refractivity contribution in [2.24, 2.45) is 0 Å². The number of rotatable bonds is 5. The second-order valence-corrected chi connectivity index (χ2v) is 3.39. The number of alkyl halides is 4. The van der Waals surface area contributed by atoms with Gasteiger partial charge in [-0.1, -0.05) is 0 Å². The van der Waals surface area contributed by atoms with Crippen LogP contribution in [-0.4, -0.2) is 35.9 Å². The Balaban J connectivity index is 2.75. The molecule has 0 unspecified atom stereocenters. The van der Waals surface area contributed by atoms with E-state index >= 15 is 0 Å². The fourth-order valence-electron chi connectivity index (χ4n) is 1.02. The van der Waals surface area contributed by atoms with Crippen molar-refractivity contribution >= 4 is 11.8 Å². The molecule has 0 spiro atoms. The van der Waals surface area contributed by atoms with Crippen LogP contribution in [0.3, 0.4) is 0 Å². The van der Waals surface area contributed by atoms with Crippen molar-refractivity contribution in [1.82, 2.24) is 9.97 Å². The summed E-state index contributed by atoms with van der Waals surface area (Å²) >= 11 is 0. The van der Waals surface area contributed by atoms with Gasteiger partial charge in [-0.15, -0.1) is 0 Å². The molecule has 0 amide bonds. The number of aryl methyl sites for hydroxylation is 1. The third kappa shape index (κ3) is 3.43. The van der Waals surface area contributed by atoms with Crippen molar-refractivity contribution in [2.75, 3.05) is 24.2 Å². The van der Waals surface area contributed by atoms with E-state index in [0.717, 1.165) is 0 Å². The monoisotopic (exact) mass is 252 g/mol. The van der Waals surface area contributed by atoms with Crippen LogP contribution >= 0.6 is 0 Å². The molecule has 1 heterocycles. The molecule has 0 atom stereocenters. The van der Waals surface area contributed by atoms with Crippen LogP contribution in [0, 0.1) is 6.92 Å². The molecule has 0 aliphatic rings. The maximum atomic E-state index is 12.7. The highest BCUT2D eigenvalue weighted by Crippen LogP contribution is 2.23. The summed E-state index contributed by atoms with van der Waals surface area (Å²) in [7, 11) is 1.56. The average molecular weight is 252 g/mol. The lowest BCUT2D eigenvalue weighted by Gasteiger charge is -2.17. The van der Waals surface area contributed by atoms with Gasteiger partial charge >= 0.3 is 12.3 Å². The molecule has 96 valence electrons. The van der Waals surface area contributed by atoms with Crippen molar-refractivity contribution in [3.63, 3.8) is 0 Å². The van der Waals surface area contributed by atoms with E-state index in [-0.39, 0.29) is 11.8 Å². The van der Waals surface area contributed by atoms with Gasteiger partial charge in [-0.3, -0.25) is 0 Å². The Morgan fingerprint density at radius 2 is 2.06 bits per heavy atom. The summed E-state index contributed by atoms with van der Waals surface area (Å²) < 4.78 is 49.2. The third-order valence-corrected chi connectivity index (χ3v) is 2.01. The summed E-state index contributed by atoms with van der Waals surface area (Å²) in [6, 6.07) is 0. The molecule has 0 aliphatic carbocycles. The number of halogens is 4. The fraction of sp³-hybridized carbons (Fsp3) is 0.556. The van der Waals surface area contributed by atoms with Crippen LogP contribution in [-0.2, 0) is 0 Å². The standard InChI is InChI=1S/C9H12F4N4/c1-5-3-15-8(14-2)17-6(5)16-4-9(12,13)7(10)11/h3,7H,4H2,1-2H3,(H2,14,15,16,17). The van der Waals surface area contributed by atoms with E-state index in [0.29, 0.717) is 5.56 Å². The molecule has 0 saturated heterocycles. The van der Waals surface area contributed by atoms with Gasteiger partial charge in [-0.25, -0.2) is 13.8 Å². The number of aromatic nitrogens is 2. The first-order chi connectivity index (χ1) is 7.86. The molecule has 0 aromatic carbocycles. The van der Waals surface area contributed by atoms with Gasteiger partial charge in [0.2, 0.25) is 5.95 Å². The Hall–Kier alpha value is -1.60. The van der Waals surface area contributed by atoms with E-state index in [2.05, 4.69) is 20.6 Å². The molecule has 4 nitrogen and oxygen atoms in total. The van der Waals surface area contributed by atoms with E-state index in [9.17, 15) is 17.6 Å². The number of hydrogen-bond donors (Lipinski definition) is 2. The molecule has 8 heteroatoms. The van der Waals surface area contributed by atoms with Gasteiger partial charge in [-0.05, 0) is 6.92 Å². The highest BCUT2D eigenvalue weighted by molar-refractivity contribution is 5.46. The summed E-state index contributed by atoms with van der Waals surface area (Å²) in [6.45, 7) is 0.411. The zero-order valence-electron chi connectivity index (χ0n) is 9.27. The zero-order chi connectivity index (χ0) is 13.1. The maximum absolute atomic E-state index is 12.7. The van der Waals surface area contributed by atoms with Gasteiger partial charge in [0.05, 0.1) is 6.54 Å². The summed E-state index contributed by atoms with van der Waals surface area (Å²) in [5.74, 6) is -3.76. The molecular weight excluding hydrogens is 240 g/mol. The van der Waals surface area contributed by atoms with Gasteiger partial charge in [0.1, 0.15) is 5.82 Å². The number of nitrogens with one attached hydrogen (secondary N) is 2. The minimum absolute atomic E-state index is 0.102. The predicted molar refractivity (Wildman–Crippen MR) is 55.8 cm³/mol. The van der Waals surface area contributed by atoms with Crippen molar-refractivity contribution in [3.8, 4) is 0 Å². The number of nitrogens with zero attached hydrogens (tertiary/aromatic N) is 2. The van der Waals surface area contributed by atoms with Crippen LogP contribution in [0.25, 0.3) is 0 Å². The first-order valence-electron chi connectivity index (χ1n) is 4.78. The van der Waals surface area contributed by atoms with Gasteiger partial charge in [0.25, 0.3) is 0 Å². The average Bonchev–Trinajstić information content (AvgIpc) is 2.28. The highest BCUT2D eigenvalue weighted by Gasteiger charge is 2.40. The molecule has 0 fully saturated rings. The van der Waals surface area contributed by atoms with Crippen molar-refractivity contribution in [2.45, 2.75) is 19.3 Å².